The number of rotatable bonds is 8. The molecule has 1 heterocycles. The molecule has 0 aliphatic rings. The minimum Gasteiger partial charge on any atom is -0.497 e. The van der Waals surface area contributed by atoms with Crippen LogP contribution in [0.15, 0.2) is 83.7 Å². The van der Waals surface area contributed by atoms with Gasteiger partial charge in [-0.05, 0) is 93.5 Å². The zero-order chi connectivity index (χ0) is 28.9. The summed E-state index contributed by atoms with van der Waals surface area (Å²) in [5.41, 5.74) is 6.69. The summed E-state index contributed by atoms with van der Waals surface area (Å²) in [6.07, 6.45) is 0.763. The molecular formula is C34H38N2O4. The lowest BCUT2D eigenvalue weighted by atomic mass is 9.92. The number of nitrogens with one attached hydrogen (secondary N) is 1. The molecule has 4 rings (SSSR count). The van der Waals surface area contributed by atoms with Gasteiger partial charge in [-0.3, -0.25) is 10.1 Å². The molecule has 1 amide bonds. The molecule has 4 aromatic rings. The van der Waals surface area contributed by atoms with Crippen LogP contribution in [-0.2, 0) is 24.1 Å². The summed E-state index contributed by atoms with van der Waals surface area (Å²) in [6.45, 7) is 10.0. The number of benzene rings is 3. The Kier molecular flexibility index (Phi) is 8.78. The molecule has 3 aromatic carbocycles. The highest BCUT2D eigenvalue weighted by Gasteiger charge is 2.20. The van der Waals surface area contributed by atoms with Crippen LogP contribution in [0.3, 0.4) is 0 Å². The summed E-state index contributed by atoms with van der Waals surface area (Å²) in [5, 5.41) is 2.87. The number of hydrogen-bond donors (Lipinski definition) is 1. The van der Waals surface area contributed by atoms with Crippen molar-refractivity contribution in [1.29, 1.82) is 0 Å². The molecule has 0 atom stereocenters. The predicted octanol–water partition coefficient (Wildman–Crippen LogP) is 7.32. The molecule has 0 saturated carbocycles. The Hall–Kier alpha value is -4.32. The van der Waals surface area contributed by atoms with Gasteiger partial charge < -0.3 is 14.0 Å². The van der Waals surface area contributed by atoms with Gasteiger partial charge in [-0.2, -0.15) is 0 Å². The molecule has 0 spiro atoms. The van der Waals surface area contributed by atoms with Crippen molar-refractivity contribution in [3.63, 3.8) is 0 Å². The van der Waals surface area contributed by atoms with E-state index in [0.717, 1.165) is 27.9 Å². The summed E-state index contributed by atoms with van der Waals surface area (Å²) < 4.78 is 12.8. The minimum atomic E-state index is -0.600. The molecule has 208 valence electrons. The topological polar surface area (TPSA) is 69.6 Å². The van der Waals surface area contributed by atoms with E-state index in [9.17, 15) is 9.59 Å². The average molecular weight is 539 g/mol. The molecule has 0 saturated heterocycles. The van der Waals surface area contributed by atoms with Crippen LogP contribution in [0.1, 0.15) is 48.7 Å². The highest BCUT2D eigenvalue weighted by atomic mass is 16.6. The second-order valence-corrected chi connectivity index (χ2v) is 10.9. The number of aryl methyl sites for hydroxylation is 1. The third-order valence-corrected chi connectivity index (χ3v) is 6.97. The summed E-state index contributed by atoms with van der Waals surface area (Å²) >= 11 is 0. The van der Waals surface area contributed by atoms with Gasteiger partial charge in [0, 0.05) is 17.9 Å². The first-order chi connectivity index (χ1) is 19.1. The van der Waals surface area contributed by atoms with E-state index in [4.69, 9.17) is 9.47 Å². The highest BCUT2D eigenvalue weighted by Crippen LogP contribution is 2.29. The van der Waals surface area contributed by atoms with Crippen molar-refractivity contribution in [2.45, 2.75) is 59.6 Å². The molecule has 1 N–H and O–H groups in total. The molecular weight excluding hydrogens is 500 g/mol. The fraction of sp³-hybridized carbons (Fsp3) is 0.294. The predicted molar refractivity (Wildman–Crippen MR) is 161 cm³/mol. The molecule has 6 heteroatoms. The van der Waals surface area contributed by atoms with E-state index in [0.29, 0.717) is 36.4 Å². The number of para-hydroxylation sites is 1. The number of nitrogens with zero attached hydrogens (tertiary/aromatic N) is 1. The van der Waals surface area contributed by atoms with Crippen molar-refractivity contribution < 1.29 is 14.3 Å². The third-order valence-electron chi connectivity index (χ3n) is 6.97. The van der Waals surface area contributed by atoms with Crippen LogP contribution in [-0.4, -0.2) is 23.4 Å². The van der Waals surface area contributed by atoms with Gasteiger partial charge in [0.05, 0.1) is 12.7 Å². The number of hydrogen-bond acceptors (Lipinski definition) is 4. The van der Waals surface area contributed by atoms with Gasteiger partial charge in [0.2, 0.25) is 0 Å². The normalized spacial score (nSPS) is 11.2. The molecule has 1 aromatic heterocycles. The Morgan fingerprint density at radius 1 is 0.925 bits per heavy atom. The fourth-order valence-corrected chi connectivity index (χ4v) is 4.99. The Morgan fingerprint density at radius 3 is 2.33 bits per heavy atom. The SMILES string of the molecule is COc1cccc(-c2c(C)c(Cc3ccccc3)c(C)n(CCc3ccccc3NC(=O)OC(C)(C)C)c2=O)c1. The number of amides is 1. The summed E-state index contributed by atoms with van der Waals surface area (Å²) in [5.74, 6) is 0.704. The molecule has 0 unspecified atom stereocenters. The zero-order valence-electron chi connectivity index (χ0n) is 24.2. The third kappa shape index (κ3) is 6.81. The van der Waals surface area contributed by atoms with Crippen LogP contribution in [0.5, 0.6) is 5.75 Å². The maximum absolute atomic E-state index is 14.1. The van der Waals surface area contributed by atoms with E-state index < -0.39 is 11.7 Å². The van der Waals surface area contributed by atoms with E-state index in [1.807, 2.05) is 106 Å². The highest BCUT2D eigenvalue weighted by molar-refractivity contribution is 5.86. The van der Waals surface area contributed by atoms with Crippen LogP contribution in [0.2, 0.25) is 0 Å². The number of carbonyl (C=O) groups excluding carboxylic acids is 1. The number of pyridine rings is 1. The van der Waals surface area contributed by atoms with E-state index in [1.165, 1.54) is 5.56 Å². The van der Waals surface area contributed by atoms with Crippen molar-refractivity contribution in [3.8, 4) is 16.9 Å². The van der Waals surface area contributed by atoms with Crippen LogP contribution in [0.25, 0.3) is 11.1 Å². The molecule has 40 heavy (non-hydrogen) atoms. The van der Waals surface area contributed by atoms with Gasteiger partial charge in [0.15, 0.2) is 0 Å². The van der Waals surface area contributed by atoms with E-state index >= 15 is 0 Å². The number of ether oxygens (including phenoxy) is 2. The van der Waals surface area contributed by atoms with Crippen LogP contribution < -0.4 is 15.6 Å². The standard InChI is InChI=1S/C34H38N2O4/c1-23-29(21-25-13-8-7-9-14-25)24(2)36(32(37)31(23)27-16-12-17-28(22-27)39-6)20-19-26-15-10-11-18-30(26)35-33(38)40-34(3,4)5/h7-18,22H,19-21H2,1-6H3,(H,35,38). The van der Waals surface area contributed by atoms with Crippen LogP contribution in [0.4, 0.5) is 10.5 Å². The van der Waals surface area contributed by atoms with Crippen molar-refractivity contribution in [2.75, 3.05) is 12.4 Å². The van der Waals surface area contributed by atoms with Crippen molar-refractivity contribution in [1.82, 2.24) is 4.57 Å². The molecule has 0 fully saturated rings. The first kappa shape index (κ1) is 28.7. The summed E-state index contributed by atoms with van der Waals surface area (Å²) in [7, 11) is 1.63. The molecule has 0 radical (unpaired) electrons. The van der Waals surface area contributed by atoms with Gasteiger partial charge in [0.1, 0.15) is 11.4 Å². The van der Waals surface area contributed by atoms with Gasteiger partial charge in [-0.25, -0.2) is 4.79 Å². The number of carbonyl (C=O) groups is 1. The smallest absolute Gasteiger partial charge is 0.412 e. The van der Waals surface area contributed by atoms with Gasteiger partial charge >= 0.3 is 6.09 Å². The van der Waals surface area contributed by atoms with Gasteiger partial charge in [0.25, 0.3) is 5.56 Å². The number of methoxy groups -OCH3 is 1. The van der Waals surface area contributed by atoms with E-state index in [2.05, 4.69) is 17.4 Å². The van der Waals surface area contributed by atoms with Crippen LogP contribution >= 0.6 is 0 Å². The zero-order valence-corrected chi connectivity index (χ0v) is 24.2. The Labute approximate surface area is 236 Å². The lowest BCUT2D eigenvalue weighted by molar-refractivity contribution is 0.0635. The molecule has 0 aliphatic heterocycles. The van der Waals surface area contributed by atoms with E-state index in [-0.39, 0.29) is 5.56 Å². The second kappa shape index (κ2) is 12.2. The monoisotopic (exact) mass is 538 g/mol. The fourth-order valence-electron chi connectivity index (χ4n) is 4.99. The lowest BCUT2D eigenvalue weighted by Gasteiger charge is -2.22. The maximum atomic E-state index is 14.1. The largest absolute Gasteiger partial charge is 0.497 e. The van der Waals surface area contributed by atoms with Crippen molar-refractivity contribution in [3.05, 3.63) is 117 Å². The Bertz CT molecular complexity index is 1550. The maximum Gasteiger partial charge on any atom is 0.412 e. The molecule has 6 nitrogen and oxygen atoms in total. The molecule has 0 bridgehead atoms. The quantitative estimate of drug-likeness (QED) is 0.255. The molecule has 0 aliphatic carbocycles. The van der Waals surface area contributed by atoms with Crippen LogP contribution in [0, 0.1) is 13.8 Å². The Morgan fingerprint density at radius 2 is 1.62 bits per heavy atom. The summed E-state index contributed by atoms with van der Waals surface area (Å²) in [4.78, 5) is 26.6. The average Bonchev–Trinajstić information content (AvgIpc) is 2.91. The van der Waals surface area contributed by atoms with Gasteiger partial charge in [-0.15, -0.1) is 0 Å². The second-order valence-electron chi connectivity index (χ2n) is 10.9. The van der Waals surface area contributed by atoms with Gasteiger partial charge in [-0.1, -0.05) is 60.7 Å². The number of aromatic nitrogens is 1. The lowest BCUT2D eigenvalue weighted by Crippen LogP contribution is -2.29. The number of anilines is 1. The van der Waals surface area contributed by atoms with E-state index in [1.54, 1.807) is 7.11 Å². The first-order valence-corrected chi connectivity index (χ1v) is 13.6. The van der Waals surface area contributed by atoms with Crippen molar-refractivity contribution >= 4 is 11.8 Å². The Balaban J connectivity index is 1.75. The summed E-state index contributed by atoms with van der Waals surface area (Å²) in [6, 6.07) is 25.6. The minimum absolute atomic E-state index is 0.0438. The first-order valence-electron chi connectivity index (χ1n) is 13.6. The van der Waals surface area contributed by atoms with Crippen molar-refractivity contribution in [2.24, 2.45) is 0 Å².